The minimum Gasteiger partial charge on any atom is -0.489 e. The molecule has 0 saturated heterocycles. The maximum Gasteiger partial charge on any atom is 0.229 e. The first kappa shape index (κ1) is 15.4. The third-order valence-electron chi connectivity index (χ3n) is 4.25. The van der Waals surface area contributed by atoms with Crippen molar-refractivity contribution in [2.24, 2.45) is 0 Å². The number of hydrogen-bond acceptors (Lipinski definition) is 4. The number of fused-ring (bicyclic) bond motifs is 1. The van der Waals surface area contributed by atoms with E-state index in [2.05, 4.69) is 34.5 Å². The van der Waals surface area contributed by atoms with Crippen LogP contribution < -0.4 is 10.1 Å². The lowest BCUT2D eigenvalue weighted by molar-refractivity contribution is -0.117. The SMILES string of the molecule is Cc1cccc(COc2ccc([C@@H]3CC(=O)Nc4ncnn43)cc2)c1. The predicted octanol–water partition coefficient (Wildman–Crippen LogP) is 3.10. The van der Waals surface area contributed by atoms with Crippen molar-refractivity contribution in [1.82, 2.24) is 14.8 Å². The molecule has 126 valence electrons. The van der Waals surface area contributed by atoms with E-state index in [-0.39, 0.29) is 11.9 Å². The van der Waals surface area contributed by atoms with Gasteiger partial charge in [0.15, 0.2) is 0 Å². The summed E-state index contributed by atoms with van der Waals surface area (Å²) in [5, 5.41) is 6.93. The minimum absolute atomic E-state index is 0.0507. The number of benzene rings is 2. The molecule has 3 aromatic rings. The first-order valence-corrected chi connectivity index (χ1v) is 8.17. The molecule has 1 N–H and O–H groups in total. The van der Waals surface area contributed by atoms with Crippen LogP contribution in [0.4, 0.5) is 5.95 Å². The number of carbonyl (C=O) groups excluding carboxylic acids is 1. The van der Waals surface area contributed by atoms with Crippen LogP contribution in [-0.2, 0) is 11.4 Å². The highest BCUT2D eigenvalue weighted by Gasteiger charge is 2.27. The van der Waals surface area contributed by atoms with E-state index < -0.39 is 0 Å². The zero-order chi connectivity index (χ0) is 17.2. The molecule has 1 aliphatic heterocycles. The van der Waals surface area contributed by atoms with Gasteiger partial charge in [-0.2, -0.15) is 10.1 Å². The Morgan fingerprint density at radius 2 is 2.08 bits per heavy atom. The smallest absolute Gasteiger partial charge is 0.229 e. The van der Waals surface area contributed by atoms with Gasteiger partial charge in [-0.1, -0.05) is 42.0 Å². The van der Waals surface area contributed by atoms with Gasteiger partial charge >= 0.3 is 0 Å². The first-order valence-electron chi connectivity index (χ1n) is 8.17. The summed E-state index contributed by atoms with van der Waals surface area (Å²) in [7, 11) is 0. The molecule has 1 aliphatic rings. The molecule has 0 fully saturated rings. The summed E-state index contributed by atoms with van der Waals surface area (Å²) in [6.45, 7) is 2.59. The Bertz CT molecular complexity index is 902. The van der Waals surface area contributed by atoms with Crippen LogP contribution in [0.1, 0.15) is 29.2 Å². The largest absolute Gasteiger partial charge is 0.489 e. The summed E-state index contributed by atoms with van der Waals surface area (Å²) in [5.74, 6) is 1.23. The number of rotatable bonds is 4. The van der Waals surface area contributed by atoms with Gasteiger partial charge in [0.2, 0.25) is 11.9 Å². The standard InChI is InChI=1S/C19H18N4O2/c1-13-3-2-4-14(9-13)11-25-16-7-5-15(6-8-16)17-10-18(24)22-19-20-12-21-23(17)19/h2-9,12,17H,10-11H2,1H3,(H,20,21,22,24)/t17-/m0/s1. The molecule has 1 amide bonds. The van der Waals surface area contributed by atoms with Crippen LogP contribution in [0.3, 0.4) is 0 Å². The second kappa shape index (κ2) is 6.39. The fourth-order valence-corrected chi connectivity index (χ4v) is 3.02. The summed E-state index contributed by atoms with van der Waals surface area (Å²) < 4.78 is 7.59. The maximum absolute atomic E-state index is 11.8. The van der Waals surface area contributed by atoms with Crippen molar-refractivity contribution >= 4 is 11.9 Å². The van der Waals surface area contributed by atoms with Crippen molar-refractivity contribution in [3.8, 4) is 5.75 Å². The number of amides is 1. The van der Waals surface area contributed by atoms with Gasteiger partial charge in [-0.15, -0.1) is 0 Å². The van der Waals surface area contributed by atoms with E-state index in [1.807, 2.05) is 36.4 Å². The van der Waals surface area contributed by atoms with E-state index in [0.717, 1.165) is 16.9 Å². The summed E-state index contributed by atoms with van der Waals surface area (Å²) in [6, 6.07) is 15.9. The van der Waals surface area contributed by atoms with Crippen LogP contribution in [0.25, 0.3) is 0 Å². The zero-order valence-corrected chi connectivity index (χ0v) is 13.8. The molecular formula is C19H18N4O2. The summed E-state index contributed by atoms with van der Waals surface area (Å²) in [6.07, 6.45) is 1.80. The van der Waals surface area contributed by atoms with E-state index in [1.54, 1.807) is 4.68 Å². The molecule has 0 radical (unpaired) electrons. The molecule has 25 heavy (non-hydrogen) atoms. The minimum atomic E-state index is -0.142. The lowest BCUT2D eigenvalue weighted by Gasteiger charge is -2.23. The van der Waals surface area contributed by atoms with Crippen molar-refractivity contribution in [2.75, 3.05) is 5.32 Å². The maximum atomic E-state index is 11.8. The average Bonchev–Trinajstić information content (AvgIpc) is 3.08. The Hall–Kier alpha value is -3.15. The van der Waals surface area contributed by atoms with Crippen LogP contribution in [0, 0.1) is 6.92 Å². The Kier molecular flexibility index (Phi) is 3.93. The van der Waals surface area contributed by atoms with Crippen LogP contribution in [0.15, 0.2) is 54.9 Å². The van der Waals surface area contributed by atoms with E-state index in [4.69, 9.17) is 4.74 Å². The Morgan fingerprint density at radius 3 is 2.88 bits per heavy atom. The van der Waals surface area contributed by atoms with Gasteiger partial charge in [-0.3, -0.25) is 10.1 Å². The number of carbonyl (C=O) groups is 1. The molecule has 2 aromatic carbocycles. The Morgan fingerprint density at radius 1 is 1.24 bits per heavy atom. The number of aryl methyl sites for hydroxylation is 1. The zero-order valence-electron chi connectivity index (χ0n) is 13.8. The van der Waals surface area contributed by atoms with Gasteiger partial charge in [0.05, 0.1) is 12.5 Å². The number of nitrogens with zero attached hydrogens (tertiary/aromatic N) is 3. The third-order valence-corrected chi connectivity index (χ3v) is 4.25. The van der Waals surface area contributed by atoms with Crippen molar-refractivity contribution in [2.45, 2.75) is 26.0 Å². The second-order valence-corrected chi connectivity index (χ2v) is 6.14. The molecule has 0 spiro atoms. The molecule has 6 heteroatoms. The van der Waals surface area contributed by atoms with Crippen molar-refractivity contribution < 1.29 is 9.53 Å². The summed E-state index contributed by atoms with van der Waals surface area (Å²) >= 11 is 0. The third kappa shape index (κ3) is 3.24. The van der Waals surface area contributed by atoms with Crippen molar-refractivity contribution in [3.05, 3.63) is 71.5 Å². The van der Waals surface area contributed by atoms with Crippen LogP contribution in [0.5, 0.6) is 5.75 Å². The number of aromatic nitrogens is 3. The monoisotopic (exact) mass is 334 g/mol. The van der Waals surface area contributed by atoms with Gasteiger partial charge in [0.1, 0.15) is 18.7 Å². The van der Waals surface area contributed by atoms with Gasteiger partial charge in [-0.05, 0) is 30.2 Å². The Labute approximate surface area is 145 Å². The van der Waals surface area contributed by atoms with Gasteiger partial charge in [-0.25, -0.2) is 4.68 Å². The first-order chi connectivity index (χ1) is 12.2. The van der Waals surface area contributed by atoms with Crippen LogP contribution in [-0.4, -0.2) is 20.7 Å². The highest BCUT2D eigenvalue weighted by Crippen LogP contribution is 2.29. The molecular weight excluding hydrogens is 316 g/mol. The lowest BCUT2D eigenvalue weighted by Crippen LogP contribution is -2.29. The number of anilines is 1. The molecule has 4 rings (SSSR count). The molecule has 2 heterocycles. The topological polar surface area (TPSA) is 69.0 Å². The van der Waals surface area contributed by atoms with E-state index in [1.165, 1.54) is 11.9 Å². The fourth-order valence-electron chi connectivity index (χ4n) is 3.02. The van der Waals surface area contributed by atoms with Gasteiger partial charge in [0.25, 0.3) is 0 Å². The van der Waals surface area contributed by atoms with E-state index >= 15 is 0 Å². The molecule has 1 aromatic heterocycles. The second-order valence-electron chi connectivity index (χ2n) is 6.14. The highest BCUT2D eigenvalue weighted by atomic mass is 16.5. The lowest BCUT2D eigenvalue weighted by atomic mass is 10.0. The van der Waals surface area contributed by atoms with Crippen LogP contribution >= 0.6 is 0 Å². The van der Waals surface area contributed by atoms with E-state index in [0.29, 0.717) is 19.0 Å². The molecule has 1 atom stereocenters. The number of nitrogens with one attached hydrogen (secondary N) is 1. The number of hydrogen-bond donors (Lipinski definition) is 1. The molecule has 6 nitrogen and oxygen atoms in total. The molecule has 0 unspecified atom stereocenters. The van der Waals surface area contributed by atoms with Gasteiger partial charge in [0, 0.05) is 0 Å². The van der Waals surface area contributed by atoms with Gasteiger partial charge < -0.3 is 4.74 Å². The predicted molar refractivity (Wildman–Crippen MR) is 93.4 cm³/mol. The summed E-state index contributed by atoms with van der Waals surface area (Å²) in [5.41, 5.74) is 3.36. The fraction of sp³-hybridized carbons (Fsp3) is 0.211. The molecule has 0 bridgehead atoms. The van der Waals surface area contributed by atoms with Crippen molar-refractivity contribution in [1.29, 1.82) is 0 Å². The average molecular weight is 334 g/mol. The quantitative estimate of drug-likeness (QED) is 0.796. The summed E-state index contributed by atoms with van der Waals surface area (Å²) in [4.78, 5) is 15.9. The number of ether oxygens (including phenoxy) is 1. The highest BCUT2D eigenvalue weighted by molar-refractivity contribution is 5.91. The van der Waals surface area contributed by atoms with E-state index in [9.17, 15) is 4.79 Å². The molecule has 0 aliphatic carbocycles. The normalized spacial score (nSPS) is 16.2. The molecule has 0 saturated carbocycles. The van der Waals surface area contributed by atoms with Crippen LogP contribution in [0.2, 0.25) is 0 Å². The Balaban J connectivity index is 1.48. The van der Waals surface area contributed by atoms with Crippen molar-refractivity contribution in [3.63, 3.8) is 0 Å².